The second-order valence-electron chi connectivity index (χ2n) is 5.17. The standard InChI is InChI=1S/C11H21NO5S2/c1-9(2)19(16,17)5-3-11(13)7-10-8-18(14,15)6-4-12-10/h9-10,12H,3-8H2,1-2H3. The lowest BCUT2D eigenvalue weighted by molar-refractivity contribution is -0.119. The van der Waals surface area contributed by atoms with Crippen LogP contribution in [-0.4, -0.2) is 57.7 Å². The van der Waals surface area contributed by atoms with Crippen molar-refractivity contribution in [3.63, 3.8) is 0 Å². The predicted octanol–water partition coefficient (Wildman–Crippen LogP) is -0.454. The Balaban J connectivity index is 2.44. The normalized spacial score (nSPS) is 23.4. The maximum absolute atomic E-state index is 11.7. The molecule has 1 aliphatic rings. The number of sulfone groups is 2. The van der Waals surface area contributed by atoms with E-state index < -0.39 is 24.9 Å². The minimum Gasteiger partial charge on any atom is -0.312 e. The fourth-order valence-electron chi connectivity index (χ4n) is 1.87. The summed E-state index contributed by atoms with van der Waals surface area (Å²) in [5.41, 5.74) is 0. The fourth-order valence-corrected chi connectivity index (χ4v) is 4.29. The monoisotopic (exact) mass is 311 g/mol. The summed E-state index contributed by atoms with van der Waals surface area (Å²) in [6.07, 6.45) is 0.0333. The van der Waals surface area contributed by atoms with Crippen LogP contribution < -0.4 is 5.32 Å². The van der Waals surface area contributed by atoms with E-state index in [2.05, 4.69) is 5.32 Å². The Morgan fingerprint density at radius 3 is 2.53 bits per heavy atom. The van der Waals surface area contributed by atoms with E-state index in [4.69, 9.17) is 0 Å². The summed E-state index contributed by atoms with van der Waals surface area (Å²) in [7, 11) is -6.28. The van der Waals surface area contributed by atoms with Gasteiger partial charge in [-0.3, -0.25) is 4.79 Å². The summed E-state index contributed by atoms with van der Waals surface area (Å²) < 4.78 is 45.9. The molecule has 0 saturated carbocycles. The van der Waals surface area contributed by atoms with E-state index in [1.54, 1.807) is 13.8 Å². The van der Waals surface area contributed by atoms with E-state index in [0.717, 1.165) is 0 Å². The molecule has 0 aromatic carbocycles. The zero-order valence-electron chi connectivity index (χ0n) is 11.3. The summed E-state index contributed by atoms with van der Waals surface area (Å²) in [6.45, 7) is 3.51. The van der Waals surface area contributed by atoms with Gasteiger partial charge in [-0.2, -0.15) is 0 Å². The molecule has 19 heavy (non-hydrogen) atoms. The van der Waals surface area contributed by atoms with Gasteiger partial charge in [-0.1, -0.05) is 0 Å². The average molecular weight is 311 g/mol. The van der Waals surface area contributed by atoms with Crippen LogP contribution in [0.15, 0.2) is 0 Å². The summed E-state index contributed by atoms with van der Waals surface area (Å²) in [4.78, 5) is 11.7. The summed E-state index contributed by atoms with van der Waals surface area (Å²) in [5.74, 6) is -0.322. The topological polar surface area (TPSA) is 97.4 Å². The van der Waals surface area contributed by atoms with Crippen molar-refractivity contribution in [3.05, 3.63) is 0 Å². The Morgan fingerprint density at radius 2 is 2.00 bits per heavy atom. The molecule has 6 nitrogen and oxygen atoms in total. The second kappa shape index (κ2) is 6.32. The van der Waals surface area contributed by atoms with Gasteiger partial charge in [0.1, 0.15) is 5.78 Å². The highest BCUT2D eigenvalue weighted by molar-refractivity contribution is 7.92. The molecule has 1 aliphatic heterocycles. The van der Waals surface area contributed by atoms with E-state index in [-0.39, 0.29) is 41.9 Å². The highest BCUT2D eigenvalue weighted by atomic mass is 32.2. The van der Waals surface area contributed by atoms with Gasteiger partial charge in [-0.25, -0.2) is 16.8 Å². The van der Waals surface area contributed by atoms with Crippen LogP contribution in [0.5, 0.6) is 0 Å². The Labute approximate surface area is 114 Å². The van der Waals surface area contributed by atoms with E-state index in [1.165, 1.54) is 0 Å². The Bertz CT molecular complexity index is 521. The van der Waals surface area contributed by atoms with Crippen molar-refractivity contribution in [2.24, 2.45) is 0 Å². The van der Waals surface area contributed by atoms with Gasteiger partial charge >= 0.3 is 0 Å². The first kappa shape index (κ1) is 16.6. The zero-order chi connectivity index (χ0) is 14.7. The van der Waals surface area contributed by atoms with Gasteiger partial charge in [0, 0.05) is 25.4 Å². The molecule has 0 aromatic heterocycles. The molecule has 1 unspecified atom stereocenters. The van der Waals surface area contributed by atoms with Crippen LogP contribution in [0.1, 0.15) is 26.7 Å². The summed E-state index contributed by atoms with van der Waals surface area (Å²) >= 11 is 0. The SMILES string of the molecule is CC(C)S(=O)(=O)CCC(=O)CC1CS(=O)(=O)CCN1. The molecule has 1 rings (SSSR count). The maximum atomic E-state index is 11.7. The molecule has 0 amide bonds. The summed E-state index contributed by atoms with van der Waals surface area (Å²) in [5, 5.41) is 2.48. The van der Waals surface area contributed by atoms with Crippen LogP contribution in [0.2, 0.25) is 0 Å². The van der Waals surface area contributed by atoms with E-state index in [1.807, 2.05) is 0 Å². The lowest BCUT2D eigenvalue weighted by atomic mass is 10.1. The fraction of sp³-hybridized carbons (Fsp3) is 0.909. The largest absolute Gasteiger partial charge is 0.312 e. The number of nitrogens with one attached hydrogen (secondary N) is 1. The number of rotatable bonds is 6. The highest BCUT2D eigenvalue weighted by Gasteiger charge is 2.26. The molecule has 0 spiro atoms. The van der Waals surface area contributed by atoms with Crippen LogP contribution in [0.4, 0.5) is 0 Å². The number of hydrogen-bond donors (Lipinski definition) is 1. The predicted molar refractivity (Wildman–Crippen MR) is 73.6 cm³/mol. The van der Waals surface area contributed by atoms with Gasteiger partial charge in [0.25, 0.3) is 0 Å². The average Bonchev–Trinajstić information content (AvgIpc) is 2.25. The quantitative estimate of drug-likeness (QED) is 0.713. The first-order chi connectivity index (χ1) is 8.62. The third kappa shape index (κ3) is 5.58. The first-order valence-corrected chi connectivity index (χ1v) is 9.83. The van der Waals surface area contributed by atoms with Crippen molar-refractivity contribution < 1.29 is 21.6 Å². The van der Waals surface area contributed by atoms with Crippen LogP contribution in [0.3, 0.4) is 0 Å². The number of ketones is 1. The van der Waals surface area contributed by atoms with Crippen molar-refractivity contribution in [3.8, 4) is 0 Å². The molecule has 0 aliphatic carbocycles. The van der Waals surface area contributed by atoms with Gasteiger partial charge in [-0.15, -0.1) is 0 Å². The minimum absolute atomic E-state index is 0.0429. The minimum atomic E-state index is -3.22. The first-order valence-electron chi connectivity index (χ1n) is 6.29. The molecule has 0 bridgehead atoms. The third-order valence-electron chi connectivity index (χ3n) is 3.16. The van der Waals surface area contributed by atoms with Crippen LogP contribution in [0.25, 0.3) is 0 Å². The molecule has 1 saturated heterocycles. The van der Waals surface area contributed by atoms with Gasteiger partial charge in [0.15, 0.2) is 19.7 Å². The van der Waals surface area contributed by atoms with Crippen molar-refractivity contribution in [2.45, 2.75) is 38.0 Å². The van der Waals surface area contributed by atoms with Crippen LogP contribution >= 0.6 is 0 Å². The molecule has 0 aromatic rings. The number of carbonyl (C=O) groups excluding carboxylic acids is 1. The van der Waals surface area contributed by atoms with Crippen molar-refractivity contribution in [1.82, 2.24) is 5.32 Å². The molecule has 1 fully saturated rings. The van der Waals surface area contributed by atoms with Crippen LogP contribution in [0, 0.1) is 0 Å². The summed E-state index contributed by atoms with van der Waals surface area (Å²) in [6, 6.07) is -0.381. The molecule has 112 valence electrons. The second-order valence-corrected chi connectivity index (χ2v) is 10.1. The number of Topliss-reactive ketones (excluding diaryl/α,β-unsaturated/α-hetero) is 1. The van der Waals surface area contributed by atoms with Crippen molar-refractivity contribution in [1.29, 1.82) is 0 Å². The molecule has 8 heteroatoms. The van der Waals surface area contributed by atoms with Crippen molar-refractivity contribution in [2.75, 3.05) is 23.8 Å². The Morgan fingerprint density at radius 1 is 1.37 bits per heavy atom. The van der Waals surface area contributed by atoms with Gasteiger partial charge < -0.3 is 5.32 Å². The molecule has 0 radical (unpaired) electrons. The molecule has 1 N–H and O–H groups in total. The van der Waals surface area contributed by atoms with E-state index in [9.17, 15) is 21.6 Å². The third-order valence-corrected chi connectivity index (χ3v) is 7.10. The molecule has 1 heterocycles. The van der Waals surface area contributed by atoms with Crippen LogP contribution in [-0.2, 0) is 24.5 Å². The van der Waals surface area contributed by atoms with Gasteiger partial charge in [0.2, 0.25) is 0 Å². The molecular weight excluding hydrogens is 290 g/mol. The van der Waals surface area contributed by atoms with E-state index in [0.29, 0.717) is 6.54 Å². The Hall–Kier alpha value is -0.470. The highest BCUT2D eigenvalue weighted by Crippen LogP contribution is 2.09. The Kier molecular flexibility index (Phi) is 5.52. The van der Waals surface area contributed by atoms with Gasteiger partial charge in [-0.05, 0) is 13.8 Å². The zero-order valence-corrected chi connectivity index (χ0v) is 12.9. The maximum Gasteiger partial charge on any atom is 0.153 e. The van der Waals surface area contributed by atoms with Gasteiger partial charge in [0.05, 0.1) is 22.5 Å². The van der Waals surface area contributed by atoms with Crippen molar-refractivity contribution >= 4 is 25.5 Å². The number of hydrogen-bond acceptors (Lipinski definition) is 6. The number of carbonyl (C=O) groups is 1. The van der Waals surface area contributed by atoms with E-state index >= 15 is 0 Å². The lowest BCUT2D eigenvalue weighted by Crippen LogP contribution is -2.46. The molecular formula is C11H21NO5S2. The molecule has 1 atom stereocenters. The smallest absolute Gasteiger partial charge is 0.153 e. The lowest BCUT2D eigenvalue weighted by Gasteiger charge is -2.23.